The number of carbonyl (C=O) groups is 2. The second-order valence-corrected chi connectivity index (χ2v) is 6.16. The summed E-state index contributed by atoms with van der Waals surface area (Å²) in [5.74, 6) is -0.709. The number of carbonyl (C=O) groups excluding carboxylic acids is 2. The predicted molar refractivity (Wildman–Crippen MR) is 98.4 cm³/mol. The van der Waals surface area contributed by atoms with Crippen LogP contribution >= 0.6 is 0 Å². The van der Waals surface area contributed by atoms with Crippen molar-refractivity contribution >= 4 is 22.7 Å². The summed E-state index contributed by atoms with van der Waals surface area (Å²) in [6.45, 7) is 3.90. The first-order valence-electron chi connectivity index (χ1n) is 8.40. The molecular weight excluding hydrogens is 330 g/mol. The topological polar surface area (TPSA) is 88.9 Å². The molecule has 2 aromatic heterocycles. The van der Waals surface area contributed by atoms with Gasteiger partial charge in [0.25, 0.3) is 5.91 Å². The second kappa shape index (κ2) is 7.35. The summed E-state index contributed by atoms with van der Waals surface area (Å²) < 4.78 is 1.80. The highest BCUT2D eigenvalue weighted by atomic mass is 16.2. The van der Waals surface area contributed by atoms with Crippen LogP contribution < -0.4 is 10.9 Å². The SMILES string of the molecule is Cc1nn(C)c(C)c1CCC(=O)NNC(=O)c1ccc2ccccc2n1. The van der Waals surface area contributed by atoms with Crippen molar-refractivity contribution in [3.05, 3.63) is 59.0 Å². The Hall–Kier alpha value is -3.22. The fourth-order valence-electron chi connectivity index (χ4n) is 2.86. The molecule has 0 radical (unpaired) electrons. The lowest BCUT2D eigenvalue weighted by Gasteiger charge is -2.08. The number of hydrazine groups is 1. The summed E-state index contributed by atoms with van der Waals surface area (Å²) in [7, 11) is 1.88. The molecule has 0 aliphatic rings. The van der Waals surface area contributed by atoms with Crippen molar-refractivity contribution in [3.63, 3.8) is 0 Å². The first-order valence-corrected chi connectivity index (χ1v) is 8.40. The maximum absolute atomic E-state index is 12.2. The highest BCUT2D eigenvalue weighted by Gasteiger charge is 2.13. The van der Waals surface area contributed by atoms with Gasteiger partial charge in [-0.05, 0) is 38.0 Å². The van der Waals surface area contributed by atoms with Crippen molar-refractivity contribution in [3.8, 4) is 0 Å². The van der Waals surface area contributed by atoms with Gasteiger partial charge in [-0.15, -0.1) is 0 Å². The molecule has 2 heterocycles. The number of hydrogen-bond donors (Lipinski definition) is 2. The predicted octanol–water partition coefficient (Wildman–Crippen LogP) is 1.98. The smallest absolute Gasteiger partial charge is 0.273 e. The molecule has 3 aromatic rings. The van der Waals surface area contributed by atoms with Gasteiger partial charge in [0.2, 0.25) is 5.91 Å². The quantitative estimate of drug-likeness (QED) is 0.704. The van der Waals surface area contributed by atoms with Crippen LogP contribution in [-0.4, -0.2) is 26.6 Å². The van der Waals surface area contributed by atoms with Crippen LogP contribution in [0.5, 0.6) is 0 Å². The largest absolute Gasteiger partial charge is 0.288 e. The van der Waals surface area contributed by atoms with E-state index in [-0.39, 0.29) is 18.0 Å². The van der Waals surface area contributed by atoms with Crippen molar-refractivity contribution in [1.29, 1.82) is 0 Å². The number of pyridine rings is 1. The maximum Gasteiger partial charge on any atom is 0.288 e. The minimum Gasteiger partial charge on any atom is -0.273 e. The number of rotatable bonds is 4. The van der Waals surface area contributed by atoms with Crippen molar-refractivity contribution in [2.45, 2.75) is 26.7 Å². The Morgan fingerprint density at radius 1 is 1.08 bits per heavy atom. The van der Waals surface area contributed by atoms with Crippen LogP contribution in [0.4, 0.5) is 0 Å². The van der Waals surface area contributed by atoms with E-state index in [2.05, 4.69) is 20.9 Å². The molecule has 0 aliphatic heterocycles. The van der Waals surface area contributed by atoms with E-state index in [1.54, 1.807) is 10.7 Å². The van der Waals surface area contributed by atoms with Gasteiger partial charge < -0.3 is 0 Å². The van der Waals surface area contributed by atoms with E-state index in [4.69, 9.17) is 0 Å². The van der Waals surface area contributed by atoms with Crippen LogP contribution in [0.3, 0.4) is 0 Å². The number of aryl methyl sites for hydroxylation is 2. The van der Waals surface area contributed by atoms with Gasteiger partial charge in [-0.25, -0.2) is 4.98 Å². The molecule has 0 spiro atoms. The van der Waals surface area contributed by atoms with Crippen LogP contribution in [0, 0.1) is 13.8 Å². The molecule has 0 aliphatic carbocycles. The summed E-state index contributed by atoms with van der Waals surface area (Å²) in [6, 6.07) is 11.0. The monoisotopic (exact) mass is 351 g/mol. The highest BCUT2D eigenvalue weighted by molar-refractivity contribution is 5.95. The third kappa shape index (κ3) is 3.72. The van der Waals surface area contributed by atoms with E-state index < -0.39 is 5.91 Å². The van der Waals surface area contributed by atoms with Crippen molar-refractivity contribution in [1.82, 2.24) is 25.6 Å². The van der Waals surface area contributed by atoms with Gasteiger partial charge in [0.05, 0.1) is 11.2 Å². The average Bonchev–Trinajstić information content (AvgIpc) is 2.89. The number of benzene rings is 1. The third-order valence-electron chi connectivity index (χ3n) is 4.41. The second-order valence-electron chi connectivity index (χ2n) is 6.16. The molecule has 0 unspecified atom stereocenters. The van der Waals surface area contributed by atoms with Gasteiger partial charge in [0.15, 0.2) is 0 Å². The first kappa shape index (κ1) is 17.6. The molecule has 3 rings (SSSR count). The first-order chi connectivity index (χ1) is 12.5. The number of hydrogen-bond acceptors (Lipinski definition) is 4. The van der Waals surface area contributed by atoms with Crippen molar-refractivity contribution in [2.24, 2.45) is 7.05 Å². The molecule has 0 atom stereocenters. The molecule has 134 valence electrons. The van der Waals surface area contributed by atoms with Crippen LogP contribution in [0.1, 0.15) is 33.9 Å². The van der Waals surface area contributed by atoms with E-state index >= 15 is 0 Å². The summed E-state index contributed by atoms with van der Waals surface area (Å²) in [4.78, 5) is 28.5. The number of amides is 2. The Balaban J connectivity index is 1.55. The minimum absolute atomic E-state index is 0.253. The van der Waals surface area contributed by atoms with Gasteiger partial charge in [0.1, 0.15) is 5.69 Å². The Bertz CT molecular complexity index is 977. The molecule has 1 aromatic carbocycles. The molecule has 2 N–H and O–H groups in total. The maximum atomic E-state index is 12.2. The van der Waals surface area contributed by atoms with E-state index in [1.165, 1.54) is 0 Å². The molecule has 2 amide bonds. The number of para-hydroxylation sites is 1. The Morgan fingerprint density at radius 3 is 2.58 bits per heavy atom. The molecular formula is C19H21N5O2. The standard InChI is InChI=1S/C19H21N5O2/c1-12-15(13(2)24(3)23-12)9-11-18(25)21-22-19(26)17-10-8-14-6-4-5-7-16(14)20-17/h4-8,10H,9,11H2,1-3H3,(H,21,25)(H,22,26). The van der Waals surface area contributed by atoms with E-state index in [9.17, 15) is 9.59 Å². The van der Waals surface area contributed by atoms with E-state index in [0.29, 0.717) is 6.42 Å². The lowest BCUT2D eigenvalue weighted by atomic mass is 10.1. The minimum atomic E-state index is -0.446. The fraction of sp³-hybridized carbons (Fsp3) is 0.263. The van der Waals surface area contributed by atoms with Gasteiger partial charge in [-0.2, -0.15) is 5.10 Å². The number of aromatic nitrogens is 3. The van der Waals surface area contributed by atoms with Gasteiger partial charge >= 0.3 is 0 Å². The van der Waals surface area contributed by atoms with Crippen molar-refractivity contribution in [2.75, 3.05) is 0 Å². The van der Waals surface area contributed by atoms with E-state index in [0.717, 1.165) is 27.9 Å². The Morgan fingerprint density at radius 2 is 1.85 bits per heavy atom. The summed E-state index contributed by atoms with van der Waals surface area (Å²) in [5.41, 5.74) is 8.86. The van der Waals surface area contributed by atoms with Crippen LogP contribution in [0.2, 0.25) is 0 Å². The molecule has 7 heteroatoms. The highest BCUT2D eigenvalue weighted by Crippen LogP contribution is 2.14. The molecule has 0 saturated carbocycles. The molecule has 0 fully saturated rings. The lowest BCUT2D eigenvalue weighted by Crippen LogP contribution is -2.42. The normalized spacial score (nSPS) is 10.7. The van der Waals surface area contributed by atoms with Gasteiger partial charge in [0, 0.05) is 24.5 Å². The molecule has 0 bridgehead atoms. The van der Waals surface area contributed by atoms with Gasteiger partial charge in [-0.3, -0.25) is 25.1 Å². The molecule has 7 nitrogen and oxygen atoms in total. The third-order valence-corrected chi connectivity index (χ3v) is 4.41. The van der Waals surface area contributed by atoms with Crippen LogP contribution in [-0.2, 0) is 18.3 Å². The average molecular weight is 351 g/mol. The zero-order valence-corrected chi connectivity index (χ0v) is 15.0. The van der Waals surface area contributed by atoms with Crippen LogP contribution in [0.15, 0.2) is 36.4 Å². The Labute approximate surface area is 151 Å². The lowest BCUT2D eigenvalue weighted by molar-refractivity contribution is -0.121. The number of fused-ring (bicyclic) bond motifs is 1. The van der Waals surface area contributed by atoms with Crippen LogP contribution in [0.25, 0.3) is 10.9 Å². The summed E-state index contributed by atoms with van der Waals surface area (Å²) in [5, 5.41) is 5.29. The molecule has 0 saturated heterocycles. The van der Waals surface area contributed by atoms with Crippen molar-refractivity contribution < 1.29 is 9.59 Å². The Kier molecular flexibility index (Phi) is 4.97. The summed E-state index contributed by atoms with van der Waals surface area (Å²) in [6.07, 6.45) is 0.834. The zero-order chi connectivity index (χ0) is 18.7. The zero-order valence-electron chi connectivity index (χ0n) is 15.0. The number of nitrogens with one attached hydrogen (secondary N) is 2. The fourth-order valence-corrected chi connectivity index (χ4v) is 2.86. The van der Waals surface area contributed by atoms with E-state index in [1.807, 2.05) is 51.2 Å². The van der Waals surface area contributed by atoms with Gasteiger partial charge in [-0.1, -0.05) is 24.3 Å². The number of nitrogens with zero attached hydrogens (tertiary/aromatic N) is 3. The summed E-state index contributed by atoms with van der Waals surface area (Å²) >= 11 is 0. The molecule has 26 heavy (non-hydrogen) atoms.